The third kappa shape index (κ3) is 3.19. The molecule has 1 fully saturated rings. The van der Waals surface area contributed by atoms with E-state index in [9.17, 15) is 9.59 Å². The lowest BCUT2D eigenvalue weighted by molar-refractivity contribution is -0.120. The summed E-state index contributed by atoms with van der Waals surface area (Å²) in [6, 6.07) is 13.4. The molecule has 1 saturated heterocycles. The topological polar surface area (TPSA) is 49.4 Å². The summed E-state index contributed by atoms with van der Waals surface area (Å²) in [7, 11) is 0. The molecule has 0 saturated carbocycles. The summed E-state index contributed by atoms with van der Waals surface area (Å²) in [5.41, 5.74) is 1.24. The van der Waals surface area contributed by atoms with Crippen LogP contribution in [0.4, 0.5) is 0 Å². The quantitative estimate of drug-likeness (QED) is 0.490. The second kappa shape index (κ2) is 6.73. The highest BCUT2D eigenvalue weighted by Gasteiger charge is 2.36. The zero-order valence-electron chi connectivity index (χ0n) is 12.1. The Bertz CT molecular complexity index is 881. The molecule has 4 nitrogen and oxygen atoms in total. The fourth-order valence-electron chi connectivity index (χ4n) is 2.20. The smallest absolute Gasteiger partial charge is 0.283 e. The molecular weight excluding hydrogens is 367 g/mol. The van der Waals surface area contributed by atoms with E-state index in [2.05, 4.69) is 5.32 Å². The predicted octanol–water partition coefficient (Wildman–Crippen LogP) is 3.89. The highest BCUT2D eigenvalue weighted by molar-refractivity contribution is 7.80. The molecule has 0 bridgehead atoms. The SMILES string of the molecule is O=C1C(=Cc2ccc(Cl)c(Cl)c2)NC(=S)N1C(=O)c1ccccc1. The van der Waals surface area contributed by atoms with Crippen LogP contribution in [0.15, 0.2) is 54.2 Å². The molecule has 2 aromatic rings. The van der Waals surface area contributed by atoms with E-state index in [-0.39, 0.29) is 10.8 Å². The number of hydrogen-bond donors (Lipinski definition) is 1. The van der Waals surface area contributed by atoms with E-state index in [0.29, 0.717) is 21.2 Å². The van der Waals surface area contributed by atoms with Crippen molar-refractivity contribution in [3.63, 3.8) is 0 Å². The molecule has 1 aliphatic rings. The van der Waals surface area contributed by atoms with Gasteiger partial charge in [0.15, 0.2) is 5.11 Å². The zero-order valence-corrected chi connectivity index (χ0v) is 14.5. The Kier molecular flexibility index (Phi) is 4.66. The van der Waals surface area contributed by atoms with Crippen LogP contribution < -0.4 is 5.32 Å². The molecule has 0 aromatic heterocycles. The van der Waals surface area contributed by atoms with Crippen molar-refractivity contribution in [3.05, 3.63) is 75.4 Å². The molecule has 24 heavy (non-hydrogen) atoms. The first-order chi connectivity index (χ1) is 11.5. The van der Waals surface area contributed by atoms with Gasteiger partial charge in [0.2, 0.25) is 0 Å². The van der Waals surface area contributed by atoms with E-state index in [1.54, 1.807) is 54.6 Å². The first-order valence-electron chi connectivity index (χ1n) is 6.89. The normalized spacial score (nSPS) is 15.8. The average Bonchev–Trinajstić information content (AvgIpc) is 2.85. The molecule has 1 N–H and O–H groups in total. The van der Waals surface area contributed by atoms with Crippen LogP contribution in [0.1, 0.15) is 15.9 Å². The lowest BCUT2D eigenvalue weighted by Gasteiger charge is -2.11. The van der Waals surface area contributed by atoms with Crippen molar-refractivity contribution in [1.82, 2.24) is 10.2 Å². The van der Waals surface area contributed by atoms with E-state index in [0.717, 1.165) is 4.90 Å². The minimum Gasteiger partial charge on any atom is -0.327 e. The van der Waals surface area contributed by atoms with Crippen LogP contribution in [-0.4, -0.2) is 21.8 Å². The van der Waals surface area contributed by atoms with E-state index in [4.69, 9.17) is 35.4 Å². The Hall–Kier alpha value is -2.21. The number of thiocarbonyl (C=S) groups is 1. The van der Waals surface area contributed by atoms with Gasteiger partial charge in [-0.15, -0.1) is 0 Å². The van der Waals surface area contributed by atoms with Gasteiger partial charge in [-0.1, -0.05) is 47.5 Å². The number of carbonyl (C=O) groups is 2. The van der Waals surface area contributed by atoms with Gasteiger partial charge in [0.05, 0.1) is 10.0 Å². The number of rotatable bonds is 2. The molecule has 3 rings (SSSR count). The molecule has 0 aliphatic carbocycles. The van der Waals surface area contributed by atoms with Crippen molar-refractivity contribution in [2.75, 3.05) is 0 Å². The number of benzene rings is 2. The van der Waals surface area contributed by atoms with E-state index in [1.165, 1.54) is 0 Å². The van der Waals surface area contributed by atoms with Gasteiger partial charge in [0, 0.05) is 5.56 Å². The molecule has 2 amide bonds. The van der Waals surface area contributed by atoms with Crippen molar-refractivity contribution >= 4 is 58.4 Å². The summed E-state index contributed by atoms with van der Waals surface area (Å²) >= 11 is 17.0. The lowest BCUT2D eigenvalue weighted by atomic mass is 10.2. The Labute approximate surface area is 153 Å². The minimum absolute atomic E-state index is 0.0418. The number of hydrogen-bond acceptors (Lipinski definition) is 3. The third-order valence-corrected chi connectivity index (χ3v) is 4.38. The molecule has 120 valence electrons. The largest absolute Gasteiger partial charge is 0.327 e. The molecule has 0 atom stereocenters. The van der Waals surface area contributed by atoms with Gasteiger partial charge in [-0.25, -0.2) is 4.90 Å². The van der Waals surface area contributed by atoms with Crippen LogP contribution in [-0.2, 0) is 4.79 Å². The van der Waals surface area contributed by atoms with Crippen LogP contribution in [0.5, 0.6) is 0 Å². The van der Waals surface area contributed by atoms with Crippen LogP contribution in [0.25, 0.3) is 6.08 Å². The molecule has 0 unspecified atom stereocenters. The molecule has 2 aromatic carbocycles. The number of nitrogens with zero attached hydrogens (tertiary/aromatic N) is 1. The van der Waals surface area contributed by atoms with Gasteiger partial charge in [-0.3, -0.25) is 9.59 Å². The molecule has 1 aliphatic heterocycles. The standard InChI is InChI=1S/C17H10Cl2N2O2S/c18-12-7-6-10(8-13(12)19)9-14-16(23)21(17(24)20-14)15(22)11-4-2-1-3-5-11/h1-9H,(H,20,24). The Morgan fingerprint density at radius 3 is 2.46 bits per heavy atom. The summed E-state index contributed by atoms with van der Waals surface area (Å²) in [5, 5.41) is 3.59. The third-order valence-electron chi connectivity index (χ3n) is 3.36. The second-order valence-corrected chi connectivity index (χ2v) is 6.17. The number of halogens is 2. The van der Waals surface area contributed by atoms with Crippen LogP contribution >= 0.6 is 35.4 Å². The fourth-order valence-corrected chi connectivity index (χ4v) is 2.78. The average molecular weight is 377 g/mol. The van der Waals surface area contributed by atoms with Gasteiger partial charge >= 0.3 is 0 Å². The Balaban J connectivity index is 1.90. The molecular formula is C17H10Cl2N2O2S. The van der Waals surface area contributed by atoms with Crippen molar-refractivity contribution in [3.8, 4) is 0 Å². The van der Waals surface area contributed by atoms with Crippen LogP contribution in [0, 0.1) is 0 Å². The van der Waals surface area contributed by atoms with Gasteiger partial charge in [0.1, 0.15) is 5.70 Å². The number of nitrogens with one attached hydrogen (secondary N) is 1. The van der Waals surface area contributed by atoms with E-state index >= 15 is 0 Å². The summed E-state index contributed by atoms with van der Waals surface area (Å²) in [6.07, 6.45) is 1.56. The number of carbonyl (C=O) groups excluding carboxylic acids is 2. The summed E-state index contributed by atoms with van der Waals surface area (Å²) in [6.45, 7) is 0. The van der Waals surface area contributed by atoms with Crippen LogP contribution in [0.3, 0.4) is 0 Å². The minimum atomic E-state index is -0.514. The highest BCUT2D eigenvalue weighted by atomic mass is 35.5. The molecule has 1 heterocycles. The summed E-state index contributed by atoms with van der Waals surface area (Å²) in [5.74, 6) is -0.990. The van der Waals surface area contributed by atoms with E-state index < -0.39 is 11.8 Å². The second-order valence-electron chi connectivity index (χ2n) is 4.97. The van der Waals surface area contributed by atoms with Crippen molar-refractivity contribution < 1.29 is 9.59 Å². The zero-order chi connectivity index (χ0) is 17.3. The lowest BCUT2D eigenvalue weighted by Crippen LogP contribution is -2.36. The first kappa shape index (κ1) is 16.6. The first-order valence-corrected chi connectivity index (χ1v) is 8.05. The molecule has 7 heteroatoms. The van der Waals surface area contributed by atoms with Crippen LogP contribution in [0.2, 0.25) is 10.0 Å². The monoisotopic (exact) mass is 376 g/mol. The predicted molar refractivity (Wildman–Crippen MR) is 97.8 cm³/mol. The summed E-state index contributed by atoms with van der Waals surface area (Å²) < 4.78 is 0. The van der Waals surface area contributed by atoms with Gasteiger partial charge < -0.3 is 5.32 Å². The number of imide groups is 1. The Morgan fingerprint density at radius 1 is 1.08 bits per heavy atom. The van der Waals surface area contributed by atoms with Crippen molar-refractivity contribution in [2.45, 2.75) is 0 Å². The Morgan fingerprint density at radius 2 is 1.79 bits per heavy atom. The van der Waals surface area contributed by atoms with Gasteiger partial charge in [0.25, 0.3) is 11.8 Å². The summed E-state index contributed by atoms with van der Waals surface area (Å²) in [4.78, 5) is 25.9. The van der Waals surface area contributed by atoms with Crippen molar-refractivity contribution in [2.24, 2.45) is 0 Å². The maximum absolute atomic E-state index is 12.5. The van der Waals surface area contributed by atoms with Crippen molar-refractivity contribution in [1.29, 1.82) is 0 Å². The maximum Gasteiger partial charge on any atom is 0.283 e. The maximum atomic E-state index is 12.5. The van der Waals surface area contributed by atoms with E-state index in [1.807, 2.05) is 0 Å². The number of amides is 2. The molecule has 0 spiro atoms. The van der Waals surface area contributed by atoms with Gasteiger partial charge in [-0.05, 0) is 48.1 Å². The highest BCUT2D eigenvalue weighted by Crippen LogP contribution is 2.24. The fraction of sp³-hybridized carbons (Fsp3) is 0. The molecule has 0 radical (unpaired) electrons. The van der Waals surface area contributed by atoms with Gasteiger partial charge in [-0.2, -0.15) is 0 Å².